The van der Waals surface area contributed by atoms with Gasteiger partial charge in [-0.05, 0) is 57.4 Å². The quantitative estimate of drug-likeness (QED) is 0.612. The van der Waals surface area contributed by atoms with Crippen LogP contribution in [0, 0.1) is 6.92 Å². The lowest BCUT2D eigenvalue weighted by Crippen LogP contribution is -2.33. The summed E-state index contributed by atoms with van der Waals surface area (Å²) in [6.45, 7) is 6.05. The Bertz CT molecular complexity index is 1170. The largest absolute Gasteiger partial charge is 0.488 e. The zero-order chi connectivity index (χ0) is 21.5. The highest BCUT2D eigenvalue weighted by molar-refractivity contribution is 7.89. The SMILES string of the molecule is Cc1ccc(-c2noc(CN(C)S(=O)(=O)c3ccc4c(c3)CCC(C)(C)O4)n2)cc1. The number of fused-ring (bicyclic) bond motifs is 1. The fraction of sp³-hybridized carbons (Fsp3) is 0.364. The van der Waals surface area contributed by atoms with Gasteiger partial charge < -0.3 is 9.26 Å². The van der Waals surface area contributed by atoms with Gasteiger partial charge in [-0.25, -0.2) is 8.42 Å². The van der Waals surface area contributed by atoms with Crippen LogP contribution in [0.1, 0.15) is 37.3 Å². The summed E-state index contributed by atoms with van der Waals surface area (Å²) in [6, 6.07) is 12.7. The number of rotatable bonds is 5. The Morgan fingerprint density at radius 2 is 1.87 bits per heavy atom. The number of aromatic nitrogens is 2. The monoisotopic (exact) mass is 427 g/mol. The lowest BCUT2D eigenvalue weighted by Gasteiger charge is -2.32. The second-order valence-corrected chi connectivity index (χ2v) is 10.3. The Hall–Kier alpha value is -2.71. The van der Waals surface area contributed by atoms with E-state index < -0.39 is 10.0 Å². The molecule has 0 atom stereocenters. The third-order valence-electron chi connectivity index (χ3n) is 5.26. The summed E-state index contributed by atoms with van der Waals surface area (Å²) in [6.07, 6.45) is 1.61. The van der Waals surface area contributed by atoms with Gasteiger partial charge in [-0.1, -0.05) is 35.0 Å². The van der Waals surface area contributed by atoms with Crippen LogP contribution in [0.2, 0.25) is 0 Å². The van der Waals surface area contributed by atoms with Crippen LogP contribution in [0.15, 0.2) is 51.9 Å². The minimum absolute atomic E-state index is 0.0121. The summed E-state index contributed by atoms with van der Waals surface area (Å²) >= 11 is 0. The van der Waals surface area contributed by atoms with Crippen molar-refractivity contribution in [2.24, 2.45) is 0 Å². The van der Waals surface area contributed by atoms with Crippen molar-refractivity contribution in [3.63, 3.8) is 0 Å². The lowest BCUT2D eigenvalue weighted by atomic mass is 9.94. The van der Waals surface area contributed by atoms with Crippen molar-refractivity contribution < 1.29 is 17.7 Å². The van der Waals surface area contributed by atoms with Crippen molar-refractivity contribution in [1.29, 1.82) is 0 Å². The molecule has 0 saturated carbocycles. The second kappa shape index (κ2) is 7.52. The maximum Gasteiger partial charge on any atom is 0.243 e. The zero-order valence-electron chi connectivity index (χ0n) is 17.5. The van der Waals surface area contributed by atoms with Gasteiger partial charge in [0.15, 0.2) is 0 Å². The van der Waals surface area contributed by atoms with E-state index in [1.165, 1.54) is 11.4 Å². The van der Waals surface area contributed by atoms with Crippen molar-refractivity contribution in [2.75, 3.05) is 7.05 Å². The van der Waals surface area contributed by atoms with Crippen molar-refractivity contribution >= 4 is 10.0 Å². The zero-order valence-corrected chi connectivity index (χ0v) is 18.4. The highest BCUT2D eigenvalue weighted by Crippen LogP contribution is 2.34. The maximum absolute atomic E-state index is 13.1. The summed E-state index contributed by atoms with van der Waals surface area (Å²) < 4.78 is 38.6. The van der Waals surface area contributed by atoms with E-state index in [4.69, 9.17) is 9.26 Å². The van der Waals surface area contributed by atoms with E-state index in [1.54, 1.807) is 18.2 Å². The maximum atomic E-state index is 13.1. The first kappa shape index (κ1) is 20.6. The average molecular weight is 428 g/mol. The predicted octanol–water partition coefficient (Wildman–Crippen LogP) is 3.97. The van der Waals surface area contributed by atoms with Crippen molar-refractivity contribution in [3.8, 4) is 17.1 Å². The van der Waals surface area contributed by atoms with Gasteiger partial charge >= 0.3 is 0 Å². The van der Waals surface area contributed by atoms with E-state index in [9.17, 15) is 8.42 Å². The van der Waals surface area contributed by atoms with Crippen LogP contribution in [0.3, 0.4) is 0 Å². The average Bonchev–Trinajstić information content (AvgIpc) is 3.15. The van der Waals surface area contributed by atoms with Gasteiger partial charge in [0, 0.05) is 12.6 Å². The Kier molecular flexibility index (Phi) is 5.15. The molecule has 0 bridgehead atoms. The first-order valence-electron chi connectivity index (χ1n) is 9.82. The molecule has 0 aliphatic carbocycles. The van der Waals surface area contributed by atoms with Gasteiger partial charge in [0.1, 0.15) is 11.4 Å². The van der Waals surface area contributed by atoms with E-state index in [2.05, 4.69) is 10.1 Å². The molecule has 30 heavy (non-hydrogen) atoms. The Labute approximate surface area is 176 Å². The van der Waals surface area contributed by atoms with Crippen LogP contribution >= 0.6 is 0 Å². The van der Waals surface area contributed by atoms with Gasteiger partial charge in [0.05, 0.1) is 11.4 Å². The Balaban J connectivity index is 1.52. The first-order chi connectivity index (χ1) is 14.1. The molecule has 0 amide bonds. The molecule has 2 heterocycles. The first-order valence-corrected chi connectivity index (χ1v) is 11.3. The molecule has 0 N–H and O–H groups in total. The number of aryl methyl sites for hydroxylation is 2. The molecular formula is C22H25N3O4S. The van der Waals surface area contributed by atoms with E-state index in [-0.39, 0.29) is 22.9 Å². The second-order valence-electron chi connectivity index (χ2n) is 8.27. The van der Waals surface area contributed by atoms with Crippen LogP contribution in [0.25, 0.3) is 11.4 Å². The van der Waals surface area contributed by atoms with Crippen molar-refractivity contribution in [2.45, 2.75) is 50.7 Å². The Morgan fingerprint density at radius 1 is 1.13 bits per heavy atom. The molecule has 158 valence electrons. The topological polar surface area (TPSA) is 85.5 Å². The van der Waals surface area contributed by atoms with Gasteiger partial charge in [-0.2, -0.15) is 9.29 Å². The van der Waals surface area contributed by atoms with Gasteiger partial charge in [0.2, 0.25) is 21.7 Å². The number of ether oxygens (including phenoxy) is 1. The summed E-state index contributed by atoms with van der Waals surface area (Å²) in [5.41, 5.74) is 2.62. The molecule has 0 unspecified atom stereocenters. The fourth-order valence-corrected chi connectivity index (χ4v) is 4.56. The van der Waals surface area contributed by atoms with Crippen LogP contribution < -0.4 is 4.74 Å². The minimum atomic E-state index is -3.71. The summed E-state index contributed by atoms with van der Waals surface area (Å²) in [5.74, 6) is 1.41. The molecule has 1 aliphatic rings. The normalized spacial score (nSPS) is 15.6. The summed E-state index contributed by atoms with van der Waals surface area (Å²) in [7, 11) is -2.21. The molecular weight excluding hydrogens is 402 g/mol. The van der Waals surface area contributed by atoms with E-state index >= 15 is 0 Å². The Morgan fingerprint density at radius 3 is 2.60 bits per heavy atom. The number of hydrogen-bond acceptors (Lipinski definition) is 6. The number of benzene rings is 2. The highest BCUT2D eigenvalue weighted by atomic mass is 32.2. The van der Waals surface area contributed by atoms with Crippen molar-refractivity contribution in [1.82, 2.24) is 14.4 Å². The van der Waals surface area contributed by atoms with Crippen LogP contribution in [-0.2, 0) is 23.0 Å². The third kappa shape index (κ3) is 4.11. The highest BCUT2D eigenvalue weighted by Gasteiger charge is 2.29. The number of nitrogens with zero attached hydrogens (tertiary/aromatic N) is 3. The molecule has 1 aromatic heterocycles. The molecule has 1 aliphatic heterocycles. The molecule has 0 fully saturated rings. The molecule has 8 heteroatoms. The molecule has 7 nitrogen and oxygen atoms in total. The number of sulfonamides is 1. The standard InChI is InChI=1S/C22H25N3O4S/c1-15-5-7-16(8-6-15)21-23-20(29-24-21)14-25(4)30(26,27)18-9-10-19-17(13-18)11-12-22(2,3)28-19/h5-10,13H,11-12,14H2,1-4H3. The van der Waals surface area contributed by atoms with Gasteiger partial charge in [-0.15, -0.1) is 0 Å². The van der Waals surface area contributed by atoms with Gasteiger partial charge in [0.25, 0.3) is 0 Å². The lowest BCUT2D eigenvalue weighted by molar-refractivity contribution is 0.0845. The molecule has 3 aromatic rings. The van der Waals surface area contributed by atoms with Gasteiger partial charge in [-0.3, -0.25) is 0 Å². The molecule has 2 aromatic carbocycles. The van der Waals surface area contributed by atoms with Crippen LogP contribution in [0.5, 0.6) is 5.75 Å². The molecule has 0 radical (unpaired) electrons. The molecule has 0 saturated heterocycles. The number of hydrogen-bond donors (Lipinski definition) is 0. The molecule has 0 spiro atoms. The third-order valence-corrected chi connectivity index (χ3v) is 7.06. The van der Waals surface area contributed by atoms with E-state index in [0.717, 1.165) is 35.3 Å². The van der Waals surface area contributed by atoms with Crippen LogP contribution in [-0.4, -0.2) is 35.5 Å². The predicted molar refractivity (Wildman–Crippen MR) is 113 cm³/mol. The van der Waals surface area contributed by atoms with E-state index in [0.29, 0.717) is 5.82 Å². The van der Waals surface area contributed by atoms with Crippen LogP contribution in [0.4, 0.5) is 0 Å². The summed E-state index contributed by atoms with van der Waals surface area (Å²) in [5, 5.41) is 3.97. The smallest absolute Gasteiger partial charge is 0.243 e. The van der Waals surface area contributed by atoms with Crippen molar-refractivity contribution in [3.05, 3.63) is 59.5 Å². The molecule has 4 rings (SSSR count). The minimum Gasteiger partial charge on any atom is -0.488 e. The van der Waals surface area contributed by atoms with E-state index in [1.807, 2.05) is 45.0 Å². The summed E-state index contributed by atoms with van der Waals surface area (Å²) in [4.78, 5) is 4.57. The fourth-order valence-electron chi connectivity index (χ4n) is 3.39.